The normalized spacial score (nSPS) is 7.40. The van der Waals surface area contributed by atoms with Crippen LogP contribution in [0.5, 0.6) is 0 Å². The first-order valence-electron chi connectivity index (χ1n) is 3.02. The van der Waals surface area contributed by atoms with Gasteiger partial charge in [0.2, 0.25) is 0 Å². The van der Waals surface area contributed by atoms with Gasteiger partial charge in [-0.2, -0.15) is 0 Å². The van der Waals surface area contributed by atoms with E-state index in [1.165, 1.54) is 7.11 Å². The standard InChI is InChI=1S/C7H11NO2/c1-3-4-5-6-8-7(9)10-2/h5-6H2,1-2H3,(H,8,9). The van der Waals surface area contributed by atoms with Gasteiger partial charge in [0.1, 0.15) is 0 Å². The Labute approximate surface area is 60.8 Å². The fourth-order valence-corrected chi connectivity index (χ4v) is 0.424. The van der Waals surface area contributed by atoms with Crippen molar-refractivity contribution in [1.29, 1.82) is 0 Å². The summed E-state index contributed by atoms with van der Waals surface area (Å²) in [6.45, 7) is 2.31. The lowest BCUT2D eigenvalue weighted by Gasteiger charge is -1.98. The average molecular weight is 141 g/mol. The molecule has 0 aromatic rings. The lowest BCUT2D eigenvalue weighted by molar-refractivity contribution is 0.171. The number of rotatable bonds is 2. The first kappa shape index (κ1) is 8.83. The quantitative estimate of drug-likeness (QED) is 0.455. The Morgan fingerprint density at radius 2 is 2.40 bits per heavy atom. The van der Waals surface area contributed by atoms with Gasteiger partial charge in [0, 0.05) is 13.0 Å². The lowest BCUT2D eigenvalue weighted by Crippen LogP contribution is -2.23. The van der Waals surface area contributed by atoms with Gasteiger partial charge in [0.05, 0.1) is 7.11 Å². The second-order valence-electron chi connectivity index (χ2n) is 1.60. The van der Waals surface area contributed by atoms with Crippen LogP contribution in [0.3, 0.4) is 0 Å². The van der Waals surface area contributed by atoms with Gasteiger partial charge in [-0.1, -0.05) is 0 Å². The highest BCUT2D eigenvalue weighted by Gasteiger charge is 1.92. The van der Waals surface area contributed by atoms with E-state index in [-0.39, 0.29) is 0 Å². The van der Waals surface area contributed by atoms with Crippen molar-refractivity contribution < 1.29 is 9.53 Å². The van der Waals surface area contributed by atoms with Crippen LogP contribution in [0, 0.1) is 11.8 Å². The topological polar surface area (TPSA) is 38.3 Å². The summed E-state index contributed by atoms with van der Waals surface area (Å²) in [5.41, 5.74) is 0. The zero-order valence-electron chi connectivity index (χ0n) is 6.23. The minimum Gasteiger partial charge on any atom is -0.453 e. The minimum atomic E-state index is -0.405. The Morgan fingerprint density at radius 3 is 2.90 bits per heavy atom. The van der Waals surface area contributed by atoms with E-state index in [9.17, 15) is 4.79 Å². The van der Waals surface area contributed by atoms with Crippen LogP contribution in [0.2, 0.25) is 0 Å². The van der Waals surface area contributed by atoms with Gasteiger partial charge in [0.25, 0.3) is 0 Å². The Kier molecular flexibility index (Phi) is 5.26. The van der Waals surface area contributed by atoms with Crippen molar-refractivity contribution >= 4 is 6.09 Å². The number of amides is 1. The highest BCUT2D eigenvalue weighted by atomic mass is 16.5. The van der Waals surface area contributed by atoms with Crippen LogP contribution < -0.4 is 5.32 Å². The summed E-state index contributed by atoms with van der Waals surface area (Å²) in [4.78, 5) is 10.4. The van der Waals surface area contributed by atoms with Gasteiger partial charge >= 0.3 is 6.09 Å². The van der Waals surface area contributed by atoms with Crippen LogP contribution in [-0.4, -0.2) is 19.7 Å². The number of carbonyl (C=O) groups is 1. The van der Waals surface area contributed by atoms with Crippen molar-refractivity contribution in [1.82, 2.24) is 5.32 Å². The zero-order chi connectivity index (χ0) is 7.82. The number of hydrogen-bond donors (Lipinski definition) is 1. The number of hydrogen-bond acceptors (Lipinski definition) is 2. The first-order chi connectivity index (χ1) is 4.81. The van der Waals surface area contributed by atoms with Crippen molar-refractivity contribution in [2.45, 2.75) is 13.3 Å². The number of carbonyl (C=O) groups excluding carboxylic acids is 1. The monoisotopic (exact) mass is 141 g/mol. The molecule has 0 aliphatic heterocycles. The number of nitrogens with one attached hydrogen (secondary N) is 1. The molecular formula is C7H11NO2. The SMILES string of the molecule is CC#CCCNC(=O)OC. The highest BCUT2D eigenvalue weighted by molar-refractivity contribution is 5.66. The molecule has 0 atom stereocenters. The second-order valence-corrected chi connectivity index (χ2v) is 1.60. The molecule has 0 aromatic carbocycles. The molecule has 1 amide bonds. The van der Waals surface area contributed by atoms with E-state index in [1.54, 1.807) is 6.92 Å². The number of alkyl carbamates (subject to hydrolysis) is 1. The van der Waals surface area contributed by atoms with Gasteiger partial charge in [-0.25, -0.2) is 4.79 Å². The molecule has 3 nitrogen and oxygen atoms in total. The highest BCUT2D eigenvalue weighted by Crippen LogP contribution is 1.74. The Bertz CT molecular complexity index is 155. The third kappa shape index (κ3) is 4.98. The smallest absolute Gasteiger partial charge is 0.406 e. The molecule has 0 bridgehead atoms. The van der Waals surface area contributed by atoms with Gasteiger partial charge in [-0.05, 0) is 6.92 Å². The Balaban J connectivity index is 3.17. The molecule has 10 heavy (non-hydrogen) atoms. The molecule has 0 heterocycles. The van der Waals surface area contributed by atoms with E-state index < -0.39 is 6.09 Å². The van der Waals surface area contributed by atoms with Crippen LogP contribution in [0.15, 0.2) is 0 Å². The molecule has 56 valence electrons. The van der Waals surface area contributed by atoms with Crippen LogP contribution in [0.25, 0.3) is 0 Å². The molecule has 0 saturated heterocycles. The molecule has 3 heteroatoms. The largest absolute Gasteiger partial charge is 0.453 e. The van der Waals surface area contributed by atoms with Gasteiger partial charge < -0.3 is 10.1 Å². The van der Waals surface area contributed by atoms with Crippen molar-refractivity contribution in [3.63, 3.8) is 0 Å². The molecule has 0 unspecified atom stereocenters. The Hall–Kier alpha value is -1.17. The zero-order valence-corrected chi connectivity index (χ0v) is 6.23. The maximum Gasteiger partial charge on any atom is 0.406 e. The molecule has 0 rings (SSSR count). The van der Waals surface area contributed by atoms with E-state index in [0.29, 0.717) is 13.0 Å². The average Bonchev–Trinajstić information content (AvgIpc) is 1.98. The first-order valence-corrected chi connectivity index (χ1v) is 3.02. The van der Waals surface area contributed by atoms with E-state index in [1.807, 2.05) is 0 Å². The summed E-state index contributed by atoms with van der Waals surface area (Å²) in [7, 11) is 1.33. The summed E-state index contributed by atoms with van der Waals surface area (Å²) in [5, 5.41) is 2.50. The second kappa shape index (κ2) is 5.96. The molecule has 0 aromatic heterocycles. The summed E-state index contributed by atoms with van der Waals surface area (Å²) in [5.74, 6) is 5.52. The van der Waals surface area contributed by atoms with E-state index >= 15 is 0 Å². The number of methoxy groups -OCH3 is 1. The molecule has 0 radical (unpaired) electrons. The molecule has 0 spiro atoms. The predicted octanol–water partition coefficient (Wildman–Crippen LogP) is 0.756. The van der Waals surface area contributed by atoms with Crippen molar-refractivity contribution in [2.75, 3.05) is 13.7 Å². The van der Waals surface area contributed by atoms with E-state index in [2.05, 4.69) is 21.9 Å². The van der Waals surface area contributed by atoms with Crippen LogP contribution in [0.1, 0.15) is 13.3 Å². The minimum absolute atomic E-state index is 0.405. The summed E-state index contributed by atoms with van der Waals surface area (Å²) in [6, 6.07) is 0. The number of ether oxygens (including phenoxy) is 1. The summed E-state index contributed by atoms with van der Waals surface area (Å²) >= 11 is 0. The molecule has 0 aliphatic carbocycles. The van der Waals surface area contributed by atoms with Crippen LogP contribution >= 0.6 is 0 Å². The molecule has 0 fully saturated rings. The Morgan fingerprint density at radius 1 is 1.70 bits per heavy atom. The van der Waals surface area contributed by atoms with Crippen molar-refractivity contribution in [3.8, 4) is 11.8 Å². The third-order valence-electron chi connectivity index (χ3n) is 0.882. The van der Waals surface area contributed by atoms with Crippen LogP contribution in [-0.2, 0) is 4.74 Å². The van der Waals surface area contributed by atoms with E-state index in [4.69, 9.17) is 0 Å². The fraction of sp³-hybridized carbons (Fsp3) is 0.571. The van der Waals surface area contributed by atoms with Crippen LogP contribution in [0.4, 0.5) is 4.79 Å². The maximum absolute atomic E-state index is 10.4. The fourth-order valence-electron chi connectivity index (χ4n) is 0.424. The third-order valence-corrected chi connectivity index (χ3v) is 0.882. The molecule has 0 saturated carbocycles. The molecule has 0 aliphatic rings. The summed E-state index contributed by atoms with van der Waals surface area (Å²) < 4.78 is 4.33. The van der Waals surface area contributed by atoms with Gasteiger partial charge in [-0.15, -0.1) is 11.8 Å². The van der Waals surface area contributed by atoms with E-state index in [0.717, 1.165) is 0 Å². The van der Waals surface area contributed by atoms with Gasteiger partial charge in [-0.3, -0.25) is 0 Å². The maximum atomic E-state index is 10.4. The van der Waals surface area contributed by atoms with Crippen molar-refractivity contribution in [2.24, 2.45) is 0 Å². The molecular weight excluding hydrogens is 130 g/mol. The van der Waals surface area contributed by atoms with Crippen molar-refractivity contribution in [3.05, 3.63) is 0 Å². The predicted molar refractivity (Wildman–Crippen MR) is 38.5 cm³/mol. The van der Waals surface area contributed by atoms with Gasteiger partial charge in [0.15, 0.2) is 0 Å². The lowest BCUT2D eigenvalue weighted by atomic mass is 10.4. The summed E-state index contributed by atoms with van der Waals surface area (Å²) in [6.07, 6.45) is 0.268. The molecule has 1 N–H and O–H groups in total.